The van der Waals surface area contributed by atoms with E-state index in [1.165, 1.54) is 0 Å². The zero-order valence-corrected chi connectivity index (χ0v) is 10.4. The molecule has 6 nitrogen and oxygen atoms in total. The molecule has 4 N–H and O–H groups in total. The highest BCUT2D eigenvalue weighted by Crippen LogP contribution is 2.27. The van der Waals surface area contributed by atoms with Crippen LogP contribution >= 0.6 is 0 Å². The van der Waals surface area contributed by atoms with Crippen molar-refractivity contribution in [2.24, 2.45) is 0 Å². The third-order valence-electron chi connectivity index (χ3n) is 2.84. The number of sulfonamides is 1. The molecule has 1 aromatic carbocycles. The van der Waals surface area contributed by atoms with Crippen molar-refractivity contribution in [3.63, 3.8) is 0 Å². The smallest absolute Gasteiger partial charge is 0.249 e. The van der Waals surface area contributed by atoms with Gasteiger partial charge in [-0.3, -0.25) is 0 Å². The third-order valence-corrected chi connectivity index (χ3v) is 4.73. The van der Waals surface area contributed by atoms with E-state index in [1.54, 1.807) is 0 Å². The van der Waals surface area contributed by atoms with Crippen LogP contribution in [0.1, 0.15) is 0 Å². The van der Waals surface area contributed by atoms with Gasteiger partial charge >= 0.3 is 0 Å². The average molecular weight is 294 g/mol. The summed E-state index contributed by atoms with van der Waals surface area (Å²) in [6.07, 6.45) is -2.57. The molecule has 0 unspecified atom stereocenters. The number of aliphatic hydroxyl groups excluding tert-OH is 2. The number of hydrogen-bond donors (Lipinski definition) is 3. The van der Waals surface area contributed by atoms with Crippen molar-refractivity contribution in [1.29, 1.82) is 0 Å². The quantitative estimate of drug-likeness (QED) is 0.624. The topological polar surface area (TPSA) is 104 Å². The van der Waals surface area contributed by atoms with E-state index >= 15 is 0 Å². The molecule has 9 heteroatoms. The lowest BCUT2D eigenvalue weighted by atomic mass is 10.3. The van der Waals surface area contributed by atoms with Crippen LogP contribution in [0.3, 0.4) is 0 Å². The first-order valence-electron chi connectivity index (χ1n) is 5.34. The molecule has 0 amide bonds. The number of β-amino-alcohol motifs (C(OH)–C–C–N with tert-alkyl or cyclic N) is 2. The first-order chi connectivity index (χ1) is 8.73. The summed E-state index contributed by atoms with van der Waals surface area (Å²) in [6, 6.07) is 1.39. The number of benzene rings is 1. The van der Waals surface area contributed by atoms with E-state index in [1.807, 2.05) is 0 Å². The van der Waals surface area contributed by atoms with Gasteiger partial charge in [0.1, 0.15) is 11.6 Å². The Bertz CT molecular complexity index is 575. The first-order valence-corrected chi connectivity index (χ1v) is 6.78. The van der Waals surface area contributed by atoms with E-state index in [0.717, 1.165) is 0 Å². The molecule has 0 bridgehead atoms. The Morgan fingerprint density at radius 2 is 1.58 bits per heavy atom. The van der Waals surface area contributed by atoms with E-state index in [-0.39, 0.29) is 5.69 Å². The molecule has 1 aliphatic heterocycles. The van der Waals surface area contributed by atoms with Crippen molar-refractivity contribution >= 4 is 15.7 Å². The van der Waals surface area contributed by atoms with Crippen molar-refractivity contribution in [3.05, 3.63) is 23.8 Å². The molecule has 1 heterocycles. The Kier molecular flexibility index (Phi) is 3.47. The molecule has 106 valence electrons. The number of nitrogens with zero attached hydrogens (tertiary/aromatic N) is 1. The Hall–Kier alpha value is -1.29. The lowest BCUT2D eigenvalue weighted by Gasteiger charge is -2.16. The van der Waals surface area contributed by atoms with E-state index in [4.69, 9.17) is 5.73 Å². The Morgan fingerprint density at radius 3 is 2.00 bits per heavy atom. The number of nitrogens with two attached hydrogens (primary N) is 1. The minimum atomic E-state index is -4.47. The van der Waals surface area contributed by atoms with E-state index < -0.39 is 51.9 Å². The molecule has 1 aromatic rings. The van der Waals surface area contributed by atoms with Gasteiger partial charge < -0.3 is 15.9 Å². The minimum absolute atomic E-state index is 0.240. The number of nitrogen functional groups attached to an aromatic ring is 1. The molecule has 1 aliphatic rings. The van der Waals surface area contributed by atoms with Crippen LogP contribution in [-0.4, -0.2) is 48.2 Å². The molecular formula is C10H12F2N2O4S. The fourth-order valence-corrected chi connectivity index (χ4v) is 3.45. The van der Waals surface area contributed by atoms with Crippen LogP contribution in [0.4, 0.5) is 14.5 Å². The molecule has 2 rings (SSSR count). The van der Waals surface area contributed by atoms with Crippen LogP contribution in [-0.2, 0) is 10.0 Å². The second kappa shape index (κ2) is 4.67. The van der Waals surface area contributed by atoms with Crippen molar-refractivity contribution in [2.75, 3.05) is 18.8 Å². The largest absolute Gasteiger partial charge is 0.399 e. The molecule has 0 aliphatic carbocycles. The van der Waals surface area contributed by atoms with E-state index in [9.17, 15) is 27.4 Å². The Balaban J connectivity index is 2.47. The van der Waals surface area contributed by atoms with Crippen LogP contribution in [0, 0.1) is 11.6 Å². The normalized spacial score (nSPS) is 24.8. The Morgan fingerprint density at radius 1 is 1.16 bits per heavy atom. The molecule has 0 saturated carbocycles. The second-order valence-electron chi connectivity index (χ2n) is 4.27. The van der Waals surface area contributed by atoms with Crippen LogP contribution in [0.5, 0.6) is 0 Å². The summed E-state index contributed by atoms with van der Waals surface area (Å²) in [5, 5.41) is 18.6. The summed E-state index contributed by atoms with van der Waals surface area (Å²) in [7, 11) is -4.47. The van der Waals surface area contributed by atoms with E-state index in [0.29, 0.717) is 16.4 Å². The second-order valence-corrected chi connectivity index (χ2v) is 6.15. The van der Waals surface area contributed by atoms with Gasteiger partial charge in [-0.05, 0) is 12.1 Å². The zero-order valence-electron chi connectivity index (χ0n) is 9.62. The SMILES string of the molecule is Nc1cc(F)c(S(=O)(=O)N2C[C@@H](O)[C@@H](O)C2)c(F)c1. The summed E-state index contributed by atoms with van der Waals surface area (Å²) in [5.41, 5.74) is 4.96. The predicted molar refractivity (Wildman–Crippen MR) is 61.5 cm³/mol. The highest BCUT2D eigenvalue weighted by molar-refractivity contribution is 7.89. The van der Waals surface area contributed by atoms with Gasteiger partial charge in [-0.1, -0.05) is 0 Å². The van der Waals surface area contributed by atoms with Gasteiger partial charge in [0, 0.05) is 18.8 Å². The van der Waals surface area contributed by atoms with Gasteiger partial charge in [0.15, 0.2) is 4.90 Å². The van der Waals surface area contributed by atoms with Crippen LogP contribution < -0.4 is 5.73 Å². The average Bonchev–Trinajstić information content (AvgIpc) is 2.57. The van der Waals surface area contributed by atoms with Gasteiger partial charge in [0.25, 0.3) is 0 Å². The maximum absolute atomic E-state index is 13.6. The van der Waals surface area contributed by atoms with Gasteiger partial charge in [-0.15, -0.1) is 0 Å². The van der Waals surface area contributed by atoms with Gasteiger partial charge in [-0.25, -0.2) is 17.2 Å². The molecule has 0 radical (unpaired) electrons. The van der Waals surface area contributed by atoms with Crippen LogP contribution in [0.2, 0.25) is 0 Å². The maximum atomic E-state index is 13.6. The molecule has 2 atom stereocenters. The number of aliphatic hydroxyl groups is 2. The number of halogens is 2. The van der Waals surface area contributed by atoms with E-state index in [2.05, 4.69) is 0 Å². The lowest BCUT2D eigenvalue weighted by Crippen LogP contribution is -2.31. The minimum Gasteiger partial charge on any atom is -0.399 e. The van der Waals surface area contributed by atoms with Crippen molar-refractivity contribution < 1.29 is 27.4 Å². The predicted octanol–water partition coefficient (Wildman–Crippen LogP) is -0.727. The van der Waals surface area contributed by atoms with Crippen molar-refractivity contribution in [1.82, 2.24) is 4.31 Å². The zero-order chi connectivity index (χ0) is 14.4. The molecule has 0 aromatic heterocycles. The summed E-state index contributed by atoms with van der Waals surface area (Å²) in [6.45, 7) is -0.848. The molecule has 1 saturated heterocycles. The van der Waals surface area contributed by atoms with Crippen molar-refractivity contribution in [2.45, 2.75) is 17.1 Å². The summed E-state index contributed by atoms with van der Waals surface area (Å²) in [5.74, 6) is -2.62. The monoisotopic (exact) mass is 294 g/mol. The highest BCUT2D eigenvalue weighted by Gasteiger charge is 2.40. The summed E-state index contributed by atoms with van der Waals surface area (Å²) >= 11 is 0. The van der Waals surface area contributed by atoms with Crippen LogP contribution in [0.25, 0.3) is 0 Å². The summed E-state index contributed by atoms with van der Waals surface area (Å²) < 4.78 is 52.0. The fraction of sp³-hybridized carbons (Fsp3) is 0.400. The fourth-order valence-electron chi connectivity index (χ4n) is 1.89. The van der Waals surface area contributed by atoms with Gasteiger partial charge in [-0.2, -0.15) is 4.31 Å². The number of hydrogen-bond acceptors (Lipinski definition) is 5. The third kappa shape index (κ3) is 2.41. The lowest BCUT2D eigenvalue weighted by molar-refractivity contribution is 0.0572. The number of rotatable bonds is 2. The Labute approximate surface area is 108 Å². The highest BCUT2D eigenvalue weighted by atomic mass is 32.2. The summed E-state index contributed by atoms with van der Waals surface area (Å²) in [4.78, 5) is -1.14. The molecular weight excluding hydrogens is 282 g/mol. The van der Waals surface area contributed by atoms with Gasteiger partial charge in [0.05, 0.1) is 12.2 Å². The van der Waals surface area contributed by atoms with Crippen LogP contribution in [0.15, 0.2) is 17.0 Å². The molecule has 1 fully saturated rings. The van der Waals surface area contributed by atoms with Crippen molar-refractivity contribution in [3.8, 4) is 0 Å². The van der Waals surface area contributed by atoms with Gasteiger partial charge in [0.2, 0.25) is 10.0 Å². The maximum Gasteiger partial charge on any atom is 0.249 e. The first kappa shape index (κ1) is 14.1. The number of anilines is 1. The standard InChI is InChI=1S/C10H12F2N2O4S/c11-6-1-5(13)2-7(12)10(6)19(17,18)14-3-8(15)9(16)4-14/h1-2,8-9,15-16H,3-4,13H2/t8-,9+. The molecule has 19 heavy (non-hydrogen) atoms. The molecule has 0 spiro atoms.